The average Bonchev–Trinajstić information content (AvgIpc) is 3.25. The Morgan fingerprint density at radius 2 is 1.86 bits per heavy atom. The number of rotatable bonds is 5. The van der Waals surface area contributed by atoms with E-state index >= 15 is 0 Å². The monoisotopic (exact) mass is 277 g/mol. The number of nitrogens with one attached hydrogen (secondary N) is 1. The normalized spacial score (nSPS) is 16.2. The van der Waals surface area contributed by atoms with E-state index in [1.165, 1.54) is 34.9 Å². The highest BCUT2D eigenvalue weighted by atomic mass is 16.5. The second kappa shape index (κ2) is 5.38. The lowest BCUT2D eigenvalue weighted by atomic mass is 10.0. The molecule has 2 nitrogen and oxygen atoms in total. The van der Waals surface area contributed by atoms with Gasteiger partial charge in [0.05, 0.1) is 12.7 Å². The third-order valence-corrected chi connectivity index (χ3v) is 4.26. The molecule has 21 heavy (non-hydrogen) atoms. The molecule has 0 saturated heterocycles. The Bertz CT molecular complexity index is 727. The van der Waals surface area contributed by atoms with Crippen LogP contribution >= 0.6 is 0 Å². The van der Waals surface area contributed by atoms with E-state index in [0.717, 1.165) is 0 Å². The Morgan fingerprint density at radius 3 is 2.67 bits per heavy atom. The molecular formula is C19H19NO. The molecule has 0 radical (unpaired) electrons. The first-order valence-electron chi connectivity index (χ1n) is 7.63. The second-order valence-electron chi connectivity index (χ2n) is 5.84. The second-order valence-corrected chi connectivity index (χ2v) is 5.84. The maximum Gasteiger partial charge on any atom is 0.0864 e. The zero-order valence-corrected chi connectivity index (χ0v) is 12.0. The van der Waals surface area contributed by atoms with Crippen molar-refractivity contribution in [3.05, 3.63) is 71.9 Å². The molecular weight excluding hydrogens is 258 g/mol. The molecule has 1 N–H and O–H groups in total. The fourth-order valence-electron chi connectivity index (χ4n) is 3.00. The van der Waals surface area contributed by atoms with Gasteiger partial charge in [-0.3, -0.25) is 0 Å². The van der Waals surface area contributed by atoms with Crippen LogP contribution < -0.4 is 0 Å². The maximum absolute atomic E-state index is 6.30. The predicted molar refractivity (Wildman–Crippen MR) is 85.0 cm³/mol. The van der Waals surface area contributed by atoms with E-state index < -0.39 is 0 Å². The van der Waals surface area contributed by atoms with Crippen LogP contribution in [0.3, 0.4) is 0 Å². The molecule has 1 aliphatic rings. The highest BCUT2D eigenvalue weighted by molar-refractivity contribution is 5.83. The first-order chi connectivity index (χ1) is 10.4. The van der Waals surface area contributed by atoms with Gasteiger partial charge in [0.15, 0.2) is 0 Å². The van der Waals surface area contributed by atoms with Crippen molar-refractivity contribution in [3.63, 3.8) is 0 Å². The van der Waals surface area contributed by atoms with Crippen LogP contribution in [0.1, 0.15) is 30.1 Å². The molecule has 0 spiro atoms. The molecule has 1 unspecified atom stereocenters. The number of aromatic nitrogens is 1. The molecule has 1 aliphatic carbocycles. The number of fused-ring (bicyclic) bond motifs is 1. The van der Waals surface area contributed by atoms with Gasteiger partial charge in [-0.25, -0.2) is 0 Å². The topological polar surface area (TPSA) is 25.0 Å². The van der Waals surface area contributed by atoms with E-state index in [1.807, 2.05) is 12.3 Å². The van der Waals surface area contributed by atoms with Gasteiger partial charge in [-0.2, -0.15) is 0 Å². The molecule has 1 atom stereocenters. The number of aromatic amines is 1. The lowest BCUT2D eigenvalue weighted by Crippen LogP contribution is -2.07. The fourth-order valence-corrected chi connectivity index (χ4v) is 3.00. The van der Waals surface area contributed by atoms with Crippen molar-refractivity contribution in [2.24, 2.45) is 5.92 Å². The summed E-state index contributed by atoms with van der Waals surface area (Å²) in [7, 11) is 0. The molecule has 1 aromatic heterocycles. The summed E-state index contributed by atoms with van der Waals surface area (Å²) in [5.74, 6) is 0.675. The summed E-state index contributed by atoms with van der Waals surface area (Å²) in [4.78, 5) is 3.29. The molecule has 0 bridgehead atoms. The van der Waals surface area contributed by atoms with Crippen LogP contribution in [0.5, 0.6) is 0 Å². The molecule has 4 rings (SSSR count). The summed E-state index contributed by atoms with van der Waals surface area (Å²) < 4.78 is 6.30. The van der Waals surface area contributed by atoms with Crippen molar-refractivity contribution < 1.29 is 4.74 Å². The van der Waals surface area contributed by atoms with Gasteiger partial charge < -0.3 is 9.72 Å². The Kier molecular flexibility index (Phi) is 3.24. The standard InChI is InChI=1S/C19H19NO/c1-2-5-14(6-3-1)13-21-19(15-9-10-15)17-7-4-8-18-16(17)11-12-20-18/h1-8,11-12,15,19-20H,9-10,13H2. The van der Waals surface area contributed by atoms with Gasteiger partial charge in [-0.05, 0) is 42.0 Å². The van der Waals surface area contributed by atoms with Crippen LogP contribution in [0.4, 0.5) is 0 Å². The van der Waals surface area contributed by atoms with Crippen molar-refractivity contribution in [3.8, 4) is 0 Å². The third kappa shape index (κ3) is 2.59. The van der Waals surface area contributed by atoms with Crippen LogP contribution in [-0.4, -0.2) is 4.98 Å². The zero-order valence-electron chi connectivity index (χ0n) is 12.0. The molecule has 2 heteroatoms. The molecule has 2 aromatic carbocycles. The molecule has 0 amide bonds. The Hall–Kier alpha value is -2.06. The molecule has 1 saturated carbocycles. The van der Waals surface area contributed by atoms with Gasteiger partial charge in [0.1, 0.15) is 0 Å². The highest BCUT2D eigenvalue weighted by Crippen LogP contribution is 2.45. The quantitative estimate of drug-likeness (QED) is 0.709. The van der Waals surface area contributed by atoms with E-state index in [2.05, 4.69) is 53.5 Å². The maximum atomic E-state index is 6.30. The van der Waals surface area contributed by atoms with E-state index in [1.54, 1.807) is 0 Å². The van der Waals surface area contributed by atoms with E-state index in [0.29, 0.717) is 12.5 Å². The predicted octanol–water partition coefficient (Wildman–Crippen LogP) is 4.84. The summed E-state index contributed by atoms with van der Waals surface area (Å²) in [6.07, 6.45) is 4.78. The first-order valence-corrected chi connectivity index (χ1v) is 7.63. The van der Waals surface area contributed by atoms with Gasteiger partial charge in [-0.15, -0.1) is 0 Å². The molecule has 3 aromatic rings. The van der Waals surface area contributed by atoms with E-state index in [-0.39, 0.29) is 6.10 Å². The van der Waals surface area contributed by atoms with Crippen molar-refractivity contribution in [2.45, 2.75) is 25.6 Å². The van der Waals surface area contributed by atoms with Crippen LogP contribution in [0.25, 0.3) is 10.9 Å². The van der Waals surface area contributed by atoms with Crippen LogP contribution in [0.2, 0.25) is 0 Å². The number of ether oxygens (including phenoxy) is 1. The Balaban J connectivity index is 1.61. The lowest BCUT2D eigenvalue weighted by Gasteiger charge is -2.19. The number of hydrogen-bond donors (Lipinski definition) is 1. The van der Waals surface area contributed by atoms with Gasteiger partial charge >= 0.3 is 0 Å². The van der Waals surface area contributed by atoms with Crippen molar-refractivity contribution in [2.75, 3.05) is 0 Å². The molecule has 1 heterocycles. The first kappa shape index (κ1) is 12.7. The van der Waals surface area contributed by atoms with Crippen molar-refractivity contribution in [1.82, 2.24) is 4.98 Å². The zero-order chi connectivity index (χ0) is 14.1. The van der Waals surface area contributed by atoms with E-state index in [9.17, 15) is 0 Å². The van der Waals surface area contributed by atoms with E-state index in [4.69, 9.17) is 4.74 Å². The molecule has 0 aliphatic heterocycles. The summed E-state index contributed by atoms with van der Waals surface area (Å²) in [6, 6.07) is 19.0. The van der Waals surface area contributed by atoms with Crippen molar-refractivity contribution >= 4 is 10.9 Å². The molecule has 106 valence electrons. The van der Waals surface area contributed by atoms with Gasteiger partial charge in [0.25, 0.3) is 0 Å². The average molecular weight is 277 g/mol. The Morgan fingerprint density at radius 1 is 1.00 bits per heavy atom. The minimum atomic E-state index is 0.213. The fraction of sp³-hybridized carbons (Fsp3) is 0.263. The minimum absolute atomic E-state index is 0.213. The summed E-state index contributed by atoms with van der Waals surface area (Å²) in [5.41, 5.74) is 3.76. The highest BCUT2D eigenvalue weighted by Gasteiger charge is 2.34. The number of hydrogen-bond acceptors (Lipinski definition) is 1. The SMILES string of the molecule is c1ccc(COC(c2cccc3[nH]ccc23)C2CC2)cc1. The van der Waals surface area contributed by atoms with Gasteiger partial charge in [0, 0.05) is 17.1 Å². The van der Waals surface area contributed by atoms with Crippen LogP contribution in [-0.2, 0) is 11.3 Å². The van der Waals surface area contributed by atoms with Gasteiger partial charge in [0.2, 0.25) is 0 Å². The lowest BCUT2D eigenvalue weighted by molar-refractivity contribution is 0.0255. The summed E-state index contributed by atoms with van der Waals surface area (Å²) in [5, 5.41) is 1.29. The van der Waals surface area contributed by atoms with Gasteiger partial charge in [-0.1, -0.05) is 42.5 Å². The summed E-state index contributed by atoms with van der Waals surface area (Å²) in [6.45, 7) is 0.683. The molecule has 1 fully saturated rings. The Labute approximate surface area is 124 Å². The number of H-pyrrole nitrogens is 1. The van der Waals surface area contributed by atoms with Crippen molar-refractivity contribution in [1.29, 1.82) is 0 Å². The smallest absolute Gasteiger partial charge is 0.0864 e. The minimum Gasteiger partial charge on any atom is -0.369 e. The third-order valence-electron chi connectivity index (χ3n) is 4.26. The summed E-state index contributed by atoms with van der Waals surface area (Å²) >= 11 is 0. The van der Waals surface area contributed by atoms with Crippen LogP contribution in [0, 0.1) is 5.92 Å². The van der Waals surface area contributed by atoms with Crippen LogP contribution in [0.15, 0.2) is 60.8 Å². The largest absolute Gasteiger partial charge is 0.369 e. The number of benzene rings is 2.